The molecule has 1 aromatic heterocycles. The standard InChI is InChI=1S/C14H23N3O3S/c1-14(2,3)17(21(4,19)20)10-7-13(18)16-11-12-5-8-15-9-6-12/h5-6,8-9H,7,10-11H2,1-4H3,(H,16,18). The Balaban J connectivity index is 2.51. The van der Waals surface area contributed by atoms with Crippen molar-refractivity contribution in [3.05, 3.63) is 30.1 Å². The molecule has 0 fully saturated rings. The van der Waals surface area contributed by atoms with Crippen molar-refractivity contribution < 1.29 is 13.2 Å². The number of carbonyl (C=O) groups excluding carboxylic acids is 1. The fraction of sp³-hybridized carbons (Fsp3) is 0.571. The van der Waals surface area contributed by atoms with Crippen molar-refractivity contribution in [3.8, 4) is 0 Å². The van der Waals surface area contributed by atoms with Gasteiger partial charge in [0.1, 0.15) is 0 Å². The fourth-order valence-corrected chi connectivity index (χ4v) is 3.41. The maximum atomic E-state index is 11.8. The van der Waals surface area contributed by atoms with Crippen LogP contribution >= 0.6 is 0 Å². The van der Waals surface area contributed by atoms with Crippen LogP contribution in [-0.4, -0.2) is 42.0 Å². The van der Waals surface area contributed by atoms with Gasteiger partial charge in [0.25, 0.3) is 0 Å². The normalized spacial score (nSPS) is 12.4. The Morgan fingerprint density at radius 1 is 1.29 bits per heavy atom. The lowest BCUT2D eigenvalue weighted by atomic mass is 10.1. The van der Waals surface area contributed by atoms with Crippen LogP contribution in [0.1, 0.15) is 32.8 Å². The number of hydrogen-bond donors (Lipinski definition) is 1. The second kappa shape index (κ2) is 7.00. The Labute approximate surface area is 126 Å². The van der Waals surface area contributed by atoms with E-state index in [0.29, 0.717) is 6.54 Å². The zero-order valence-electron chi connectivity index (χ0n) is 13.0. The minimum Gasteiger partial charge on any atom is -0.352 e. The molecule has 0 aliphatic rings. The number of sulfonamides is 1. The van der Waals surface area contributed by atoms with Gasteiger partial charge in [0.05, 0.1) is 6.26 Å². The summed E-state index contributed by atoms with van der Waals surface area (Å²) in [6.45, 7) is 6.01. The summed E-state index contributed by atoms with van der Waals surface area (Å²) in [5, 5.41) is 2.77. The van der Waals surface area contributed by atoms with Crippen LogP contribution in [0.5, 0.6) is 0 Å². The van der Waals surface area contributed by atoms with Gasteiger partial charge in [-0.1, -0.05) is 0 Å². The largest absolute Gasteiger partial charge is 0.352 e. The third-order valence-corrected chi connectivity index (χ3v) is 4.46. The van der Waals surface area contributed by atoms with Crippen molar-refractivity contribution in [1.29, 1.82) is 0 Å². The smallest absolute Gasteiger partial charge is 0.221 e. The van der Waals surface area contributed by atoms with Crippen molar-refractivity contribution in [2.24, 2.45) is 0 Å². The molecule has 1 rings (SSSR count). The number of carbonyl (C=O) groups is 1. The first-order valence-electron chi connectivity index (χ1n) is 6.74. The molecule has 1 aromatic rings. The minimum atomic E-state index is -3.34. The lowest BCUT2D eigenvalue weighted by Crippen LogP contribution is -2.46. The monoisotopic (exact) mass is 313 g/mol. The van der Waals surface area contributed by atoms with Gasteiger partial charge in [-0.3, -0.25) is 9.78 Å². The third kappa shape index (κ3) is 6.22. The Morgan fingerprint density at radius 2 is 1.86 bits per heavy atom. The van der Waals surface area contributed by atoms with Crippen LogP contribution in [0.4, 0.5) is 0 Å². The second-order valence-corrected chi connectivity index (χ2v) is 7.79. The topological polar surface area (TPSA) is 79.4 Å². The average Bonchev–Trinajstić information content (AvgIpc) is 2.34. The Kier molecular flexibility index (Phi) is 5.86. The lowest BCUT2D eigenvalue weighted by molar-refractivity contribution is -0.121. The summed E-state index contributed by atoms with van der Waals surface area (Å²) in [5.41, 5.74) is 0.410. The summed E-state index contributed by atoms with van der Waals surface area (Å²) in [6, 6.07) is 3.64. The minimum absolute atomic E-state index is 0.134. The van der Waals surface area contributed by atoms with E-state index in [1.807, 2.05) is 32.9 Å². The highest BCUT2D eigenvalue weighted by Gasteiger charge is 2.29. The van der Waals surface area contributed by atoms with E-state index in [4.69, 9.17) is 0 Å². The number of nitrogens with one attached hydrogen (secondary N) is 1. The van der Waals surface area contributed by atoms with Crippen LogP contribution in [0, 0.1) is 0 Å². The lowest BCUT2D eigenvalue weighted by Gasteiger charge is -2.33. The number of rotatable bonds is 6. The fourth-order valence-electron chi connectivity index (χ4n) is 1.99. The predicted molar refractivity (Wildman–Crippen MR) is 82.0 cm³/mol. The van der Waals surface area contributed by atoms with E-state index in [-0.39, 0.29) is 18.9 Å². The molecule has 118 valence electrons. The van der Waals surface area contributed by atoms with Gasteiger partial charge in [0.15, 0.2) is 0 Å². The first kappa shape index (κ1) is 17.6. The van der Waals surface area contributed by atoms with E-state index in [9.17, 15) is 13.2 Å². The zero-order chi connectivity index (χ0) is 16.1. The number of pyridine rings is 1. The van der Waals surface area contributed by atoms with Crippen molar-refractivity contribution >= 4 is 15.9 Å². The molecule has 0 spiro atoms. The average molecular weight is 313 g/mol. The number of aromatic nitrogens is 1. The molecule has 0 atom stereocenters. The highest BCUT2D eigenvalue weighted by Crippen LogP contribution is 2.17. The molecular formula is C14H23N3O3S. The van der Waals surface area contributed by atoms with Crippen LogP contribution in [0.2, 0.25) is 0 Å². The van der Waals surface area contributed by atoms with E-state index >= 15 is 0 Å². The van der Waals surface area contributed by atoms with Gasteiger partial charge < -0.3 is 5.32 Å². The van der Waals surface area contributed by atoms with Gasteiger partial charge in [-0.25, -0.2) is 8.42 Å². The molecule has 1 amide bonds. The number of amides is 1. The first-order chi connectivity index (χ1) is 9.60. The van der Waals surface area contributed by atoms with Crippen molar-refractivity contribution in [2.45, 2.75) is 39.3 Å². The molecule has 6 nitrogen and oxygen atoms in total. The SMILES string of the molecule is CC(C)(C)N(CCC(=O)NCc1ccncc1)S(C)(=O)=O. The summed E-state index contributed by atoms with van der Waals surface area (Å²) in [5.74, 6) is -0.176. The second-order valence-electron chi connectivity index (χ2n) is 5.89. The summed E-state index contributed by atoms with van der Waals surface area (Å²) in [4.78, 5) is 15.7. The Hall–Kier alpha value is -1.47. The maximum Gasteiger partial charge on any atom is 0.221 e. The van der Waals surface area contributed by atoms with Crippen LogP contribution in [0.25, 0.3) is 0 Å². The van der Waals surface area contributed by atoms with Crippen LogP contribution in [0.3, 0.4) is 0 Å². The Morgan fingerprint density at radius 3 is 2.33 bits per heavy atom. The predicted octanol–water partition coefficient (Wildman–Crippen LogP) is 1.15. The zero-order valence-corrected chi connectivity index (χ0v) is 13.8. The van der Waals surface area contributed by atoms with Crippen LogP contribution < -0.4 is 5.32 Å². The van der Waals surface area contributed by atoms with E-state index in [0.717, 1.165) is 11.8 Å². The maximum absolute atomic E-state index is 11.8. The van der Waals surface area contributed by atoms with Crippen molar-refractivity contribution in [1.82, 2.24) is 14.6 Å². The molecule has 7 heteroatoms. The van der Waals surface area contributed by atoms with E-state index in [1.165, 1.54) is 4.31 Å². The number of nitrogens with zero attached hydrogens (tertiary/aromatic N) is 2. The van der Waals surface area contributed by atoms with Crippen LogP contribution in [0.15, 0.2) is 24.5 Å². The van der Waals surface area contributed by atoms with E-state index in [2.05, 4.69) is 10.3 Å². The van der Waals surface area contributed by atoms with Gasteiger partial charge in [0.2, 0.25) is 15.9 Å². The van der Waals surface area contributed by atoms with E-state index in [1.54, 1.807) is 12.4 Å². The third-order valence-electron chi connectivity index (χ3n) is 2.93. The van der Waals surface area contributed by atoms with Gasteiger partial charge in [-0.15, -0.1) is 0 Å². The molecule has 1 N–H and O–H groups in total. The highest BCUT2D eigenvalue weighted by molar-refractivity contribution is 7.88. The molecule has 0 aromatic carbocycles. The quantitative estimate of drug-likeness (QED) is 0.854. The molecular weight excluding hydrogens is 290 g/mol. The first-order valence-corrected chi connectivity index (χ1v) is 8.59. The molecule has 0 radical (unpaired) electrons. The van der Waals surface area contributed by atoms with Gasteiger partial charge in [0, 0.05) is 37.4 Å². The summed E-state index contributed by atoms with van der Waals surface area (Å²) < 4.78 is 24.9. The molecule has 0 saturated heterocycles. The number of hydrogen-bond acceptors (Lipinski definition) is 4. The summed E-state index contributed by atoms with van der Waals surface area (Å²) >= 11 is 0. The van der Waals surface area contributed by atoms with Crippen molar-refractivity contribution in [2.75, 3.05) is 12.8 Å². The highest BCUT2D eigenvalue weighted by atomic mass is 32.2. The Bertz CT molecular complexity index is 565. The molecule has 0 bridgehead atoms. The van der Waals surface area contributed by atoms with E-state index < -0.39 is 15.6 Å². The molecule has 0 saturated carbocycles. The molecule has 21 heavy (non-hydrogen) atoms. The summed E-state index contributed by atoms with van der Waals surface area (Å²) in [7, 11) is -3.34. The van der Waals surface area contributed by atoms with Crippen molar-refractivity contribution in [3.63, 3.8) is 0 Å². The molecule has 0 unspecified atom stereocenters. The van der Waals surface area contributed by atoms with Gasteiger partial charge in [-0.05, 0) is 38.5 Å². The molecule has 1 heterocycles. The molecule has 0 aliphatic carbocycles. The van der Waals surface area contributed by atoms with Gasteiger partial charge in [-0.2, -0.15) is 4.31 Å². The molecule has 0 aliphatic heterocycles. The summed E-state index contributed by atoms with van der Waals surface area (Å²) in [6.07, 6.45) is 4.61. The van der Waals surface area contributed by atoms with Gasteiger partial charge >= 0.3 is 0 Å². The van der Waals surface area contributed by atoms with Crippen LogP contribution in [-0.2, 0) is 21.4 Å².